The first kappa shape index (κ1) is 25.7. The van der Waals surface area contributed by atoms with Crippen molar-refractivity contribution in [3.05, 3.63) is 91.9 Å². The van der Waals surface area contributed by atoms with Crippen LogP contribution in [-0.2, 0) is 6.54 Å². The lowest BCUT2D eigenvalue weighted by Gasteiger charge is -2.24. The summed E-state index contributed by atoms with van der Waals surface area (Å²) in [6.07, 6.45) is 6.64. The van der Waals surface area contributed by atoms with E-state index in [1.54, 1.807) is 6.20 Å². The first-order chi connectivity index (χ1) is 14.8. The topological polar surface area (TPSA) is 81.2 Å². The second kappa shape index (κ2) is 13.1. The minimum Gasteiger partial charge on any atom is -0.336 e. The van der Waals surface area contributed by atoms with Crippen LogP contribution in [0.4, 0.5) is 0 Å². The van der Waals surface area contributed by atoms with Crippen LogP contribution in [0, 0.1) is 10.1 Å². The Kier molecular flexibility index (Phi) is 10.8. The van der Waals surface area contributed by atoms with E-state index in [1.807, 2.05) is 66.4 Å². The fourth-order valence-electron chi connectivity index (χ4n) is 2.62. The fraction of sp³-hybridized carbons (Fsp3) is 0.250. The van der Waals surface area contributed by atoms with Crippen LogP contribution in [0.2, 0.25) is 15.1 Å². The van der Waals surface area contributed by atoms with Gasteiger partial charge in [-0.1, -0.05) is 47.8 Å². The molecule has 0 bridgehead atoms. The number of imidazole rings is 1. The average molecular weight is 521 g/mol. The van der Waals surface area contributed by atoms with Crippen LogP contribution < -0.4 is 0 Å². The number of halogens is 3. The number of hydrogen-bond acceptors (Lipinski definition) is 5. The van der Waals surface area contributed by atoms with Gasteiger partial charge in [-0.2, -0.15) is 0 Å². The summed E-state index contributed by atoms with van der Waals surface area (Å²) in [6.45, 7) is 3.00. The molecule has 31 heavy (non-hydrogen) atoms. The standard InChI is InChI=1S/C20H19Cl3N2S2.HNO3/c1-2-20(26-16-6-3-14(21)4-7-16)27-19(12-25-10-9-24-13-25)17-8-5-15(22)11-18(17)23;2-1(3)4/h3-11,13,19-20H,2,12H2,1H3;(H,2,3,4). The molecule has 0 spiro atoms. The molecule has 0 radical (unpaired) electrons. The number of nitrogens with zero attached hydrogens (tertiary/aromatic N) is 3. The molecular formula is C20H20Cl3N3O3S2. The molecule has 166 valence electrons. The molecule has 0 aliphatic rings. The van der Waals surface area contributed by atoms with Gasteiger partial charge < -0.3 is 9.77 Å². The van der Waals surface area contributed by atoms with E-state index in [0.717, 1.165) is 23.6 Å². The molecule has 1 aromatic heterocycles. The van der Waals surface area contributed by atoms with Crippen LogP contribution in [0.25, 0.3) is 0 Å². The Hall–Kier alpha value is -1.58. The molecule has 0 fully saturated rings. The summed E-state index contributed by atoms with van der Waals surface area (Å²) in [5.41, 5.74) is 1.09. The van der Waals surface area contributed by atoms with E-state index in [0.29, 0.717) is 14.6 Å². The first-order valence-electron chi connectivity index (χ1n) is 9.10. The van der Waals surface area contributed by atoms with E-state index >= 15 is 0 Å². The molecule has 11 heteroatoms. The summed E-state index contributed by atoms with van der Waals surface area (Å²) in [5.74, 6) is 0. The van der Waals surface area contributed by atoms with Gasteiger partial charge in [-0.3, -0.25) is 0 Å². The largest absolute Gasteiger partial charge is 0.336 e. The second-order valence-corrected chi connectivity index (χ2v) is 10.5. The highest BCUT2D eigenvalue weighted by molar-refractivity contribution is 8.17. The number of benzene rings is 2. The summed E-state index contributed by atoms with van der Waals surface area (Å²) >= 11 is 22.4. The van der Waals surface area contributed by atoms with Crippen molar-refractivity contribution in [1.82, 2.24) is 9.55 Å². The van der Waals surface area contributed by atoms with E-state index in [-0.39, 0.29) is 5.25 Å². The molecule has 0 saturated carbocycles. The Labute approximate surface area is 204 Å². The Bertz CT molecular complexity index is 956. The molecule has 0 amide bonds. The first-order valence-corrected chi connectivity index (χ1v) is 12.1. The molecule has 3 rings (SSSR count). The van der Waals surface area contributed by atoms with Gasteiger partial charge in [0.2, 0.25) is 0 Å². The predicted octanol–water partition coefficient (Wildman–Crippen LogP) is 7.50. The van der Waals surface area contributed by atoms with Crippen LogP contribution in [0.1, 0.15) is 24.2 Å². The van der Waals surface area contributed by atoms with E-state index in [9.17, 15) is 0 Å². The van der Waals surface area contributed by atoms with Crippen LogP contribution in [0.5, 0.6) is 0 Å². The summed E-state index contributed by atoms with van der Waals surface area (Å²) in [5, 5.41) is 15.9. The van der Waals surface area contributed by atoms with Gasteiger partial charge >= 0.3 is 0 Å². The number of hydrogen-bond donors (Lipinski definition) is 1. The maximum atomic E-state index is 8.36. The molecule has 1 heterocycles. The third-order valence-corrected chi connectivity index (χ3v) is 7.92. The normalized spacial score (nSPS) is 12.5. The van der Waals surface area contributed by atoms with Crippen LogP contribution in [0.3, 0.4) is 0 Å². The predicted molar refractivity (Wildman–Crippen MR) is 129 cm³/mol. The highest BCUT2D eigenvalue weighted by Gasteiger charge is 2.21. The quantitative estimate of drug-likeness (QED) is 0.143. The SMILES string of the molecule is CCC(Sc1ccc(Cl)cc1)SC(Cn1ccnc1)c1ccc(Cl)cc1Cl.O=[N+]([O-])O. The van der Waals surface area contributed by atoms with Gasteiger partial charge in [-0.25, -0.2) is 4.98 Å². The van der Waals surface area contributed by atoms with Crippen molar-refractivity contribution in [2.45, 2.75) is 34.6 Å². The lowest BCUT2D eigenvalue weighted by Crippen LogP contribution is -2.09. The smallest absolute Gasteiger partial charge is 0.291 e. The Morgan fingerprint density at radius 3 is 2.35 bits per heavy atom. The number of thioether (sulfide) groups is 2. The van der Waals surface area contributed by atoms with E-state index in [2.05, 4.69) is 28.6 Å². The minimum atomic E-state index is -1.50. The van der Waals surface area contributed by atoms with Crippen LogP contribution in [-0.4, -0.2) is 24.4 Å². The van der Waals surface area contributed by atoms with Crippen molar-refractivity contribution in [2.75, 3.05) is 0 Å². The van der Waals surface area contributed by atoms with Crippen molar-refractivity contribution in [2.24, 2.45) is 0 Å². The highest BCUT2D eigenvalue weighted by Crippen LogP contribution is 2.44. The number of rotatable bonds is 8. The van der Waals surface area contributed by atoms with Crippen LogP contribution in [0.15, 0.2) is 66.1 Å². The zero-order valence-corrected chi connectivity index (χ0v) is 20.3. The lowest BCUT2D eigenvalue weighted by molar-refractivity contribution is -0.742. The lowest BCUT2D eigenvalue weighted by atomic mass is 10.1. The number of aromatic nitrogens is 2. The molecule has 0 aliphatic carbocycles. The van der Waals surface area contributed by atoms with E-state index in [1.165, 1.54) is 4.90 Å². The molecule has 6 nitrogen and oxygen atoms in total. The van der Waals surface area contributed by atoms with Crippen molar-refractivity contribution in [3.63, 3.8) is 0 Å². The summed E-state index contributed by atoms with van der Waals surface area (Å²) < 4.78 is 2.47. The van der Waals surface area contributed by atoms with E-state index in [4.69, 9.17) is 50.1 Å². The Morgan fingerprint density at radius 1 is 1.16 bits per heavy atom. The van der Waals surface area contributed by atoms with Gasteiger partial charge in [-0.15, -0.1) is 33.6 Å². The van der Waals surface area contributed by atoms with Gasteiger partial charge in [0, 0.05) is 38.9 Å². The van der Waals surface area contributed by atoms with Crippen molar-refractivity contribution < 1.29 is 10.3 Å². The molecule has 2 atom stereocenters. The highest BCUT2D eigenvalue weighted by atomic mass is 35.5. The Balaban J connectivity index is 0.000000785. The monoisotopic (exact) mass is 519 g/mol. The van der Waals surface area contributed by atoms with Gasteiger partial charge in [-0.05, 0) is 48.4 Å². The zero-order chi connectivity index (χ0) is 22.8. The molecule has 2 aromatic carbocycles. The van der Waals surface area contributed by atoms with Gasteiger partial charge in [0.05, 0.1) is 16.2 Å². The maximum absolute atomic E-state index is 8.36. The third-order valence-electron chi connectivity index (χ3n) is 3.98. The third kappa shape index (κ3) is 9.21. The molecule has 0 saturated heterocycles. The molecular weight excluding hydrogens is 501 g/mol. The minimum absolute atomic E-state index is 0.189. The molecule has 1 N–H and O–H groups in total. The van der Waals surface area contributed by atoms with Crippen molar-refractivity contribution >= 4 is 58.3 Å². The van der Waals surface area contributed by atoms with Gasteiger partial charge in [0.1, 0.15) is 0 Å². The maximum Gasteiger partial charge on any atom is 0.291 e. The van der Waals surface area contributed by atoms with Crippen LogP contribution >= 0.6 is 58.3 Å². The average Bonchev–Trinajstić information content (AvgIpc) is 3.21. The van der Waals surface area contributed by atoms with E-state index < -0.39 is 5.09 Å². The fourth-order valence-corrected chi connectivity index (χ4v) is 6.24. The molecule has 2 unspecified atom stereocenters. The van der Waals surface area contributed by atoms with Gasteiger partial charge in [0.25, 0.3) is 5.09 Å². The Morgan fingerprint density at radius 2 is 1.81 bits per heavy atom. The summed E-state index contributed by atoms with van der Waals surface area (Å²) in [4.78, 5) is 13.7. The van der Waals surface area contributed by atoms with Crippen molar-refractivity contribution in [3.8, 4) is 0 Å². The molecule has 3 aromatic rings. The zero-order valence-electron chi connectivity index (χ0n) is 16.4. The summed E-state index contributed by atoms with van der Waals surface area (Å²) in [6, 6.07) is 13.7. The summed E-state index contributed by atoms with van der Waals surface area (Å²) in [7, 11) is 0. The van der Waals surface area contributed by atoms with Crippen molar-refractivity contribution in [1.29, 1.82) is 0 Å². The molecule has 0 aliphatic heterocycles. The second-order valence-electron chi connectivity index (χ2n) is 6.20. The van der Waals surface area contributed by atoms with Gasteiger partial charge in [0.15, 0.2) is 0 Å².